The molecule has 0 atom stereocenters. The van der Waals surface area contributed by atoms with Crippen LogP contribution in [0.2, 0.25) is 0 Å². The van der Waals surface area contributed by atoms with E-state index in [9.17, 15) is 18.0 Å². The van der Waals surface area contributed by atoms with Gasteiger partial charge in [-0.15, -0.1) is 4.40 Å². The van der Waals surface area contributed by atoms with E-state index in [0.717, 1.165) is 0 Å². The standard InChI is InChI=1S/C16H15N3O4S/c1-11(20)12-4-2-5-13(10-12)17-16(21)14-6-3-7-19-8-9-24(22,23)18-15(14)19/h2-7,10H,8-9H2,1H3,(H,17,21). The van der Waals surface area contributed by atoms with E-state index in [1.54, 1.807) is 41.4 Å². The number of nitrogens with one attached hydrogen (secondary N) is 1. The molecule has 2 aliphatic rings. The van der Waals surface area contributed by atoms with Crippen molar-refractivity contribution in [2.24, 2.45) is 4.40 Å². The number of carbonyl (C=O) groups is 2. The number of benzene rings is 1. The van der Waals surface area contributed by atoms with Crippen LogP contribution in [0.1, 0.15) is 17.3 Å². The Morgan fingerprint density at radius 2 is 2.08 bits per heavy atom. The summed E-state index contributed by atoms with van der Waals surface area (Å²) in [6.07, 6.45) is 4.86. The molecule has 8 heteroatoms. The van der Waals surface area contributed by atoms with Gasteiger partial charge in [-0.1, -0.05) is 12.1 Å². The molecule has 0 bridgehead atoms. The van der Waals surface area contributed by atoms with Gasteiger partial charge in [-0.3, -0.25) is 9.59 Å². The van der Waals surface area contributed by atoms with Crippen molar-refractivity contribution in [3.05, 3.63) is 53.8 Å². The van der Waals surface area contributed by atoms with Gasteiger partial charge in [0.2, 0.25) is 0 Å². The summed E-state index contributed by atoms with van der Waals surface area (Å²) in [4.78, 5) is 25.6. The molecule has 1 amide bonds. The first kappa shape index (κ1) is 16.1. The molecule has 0 aliphatic carbocycles. The van der Waals surface area contributed by atoms with E-state index in [1.807, 2.05) is 0 Å². The zero-order valence-electron chi connectivity index (χ0n) is 12.9. The molecule has 0 aromatic heterocycles. The lowest BCUT2D eigenvalue weighted by Crippen LogP contribution is -2.40. The van der Waals surface area contributed by atoms with Crippen LogP contribution in [0, 0.1) is 0 Å². The molecule has 0 spiro atoms. The highest BCUT2D eigenvalue weighted by Gasteiger charge is 2.29. The molecule has 0 saturated carbocycles. The van der Waals surface area contributed by atoms with Gasteiger partial charge in [0.1, 0.15) is 0 Å². The number of nitrogens with zero attached hydrogens (tertiary/aromatic N) is 2. The minimum absolute atomic E-state index is 0.0869. The van der Waals surface area contributed by atoms with Crippen LogP contribution in [0.15, 0.2) is 52.6 Å². The van der Waals surface area contributed by atoms with Crippen LogP contribution in [0.5, 0.6) is 0 Å². The van der Waals surface area contributed by atoms with E-state index in [0.29, 0.717) is 11.3 Å². The highest BCUT2D eigenvalue weighted by atomic mass is 32.2. The van der Waals surface area contributed by atoms with Crippen LogP contribution >= 0.6 is 0 Å². The predicted octanol–water partition coefficient (Wildman–Crippen LogP) is 1.33. The zero-order chi connectivity index (χ0) is 17.3. The number of sulfonamides is 1. The largest absolute Gasteiger partial charge is 0.331 e. The molecule has 2 heterocycles. The average Bonchev–Trinajstić information content (AvgIpc) is 2.53. The average molecular weight is 345 g/mol. The second-order valence-corrected chi connectivity index (χ2v) is 7.16. The first-order chi connectivity index (χ1) is 11.4. The highest BCUT2D eigenvalue weighted by molar-refractivity contribution is 7.90. The number of anilines is 1. The van der Waals surface area contributed by atoms with Crippen LogP contribution in [0.4, 0.5) is 5.69 Å². The zero-order valence-corrected chi connectivity index (χ0v) is 13.7. The van der Waals surface area contributed by atoms with Crippen molar-refractivity contribution in [3.8, 4) is 0 Å². The lowest BCUT2D eigenvalue weighted by molar-refractivity contribution is -0.112. The van der Waals surface area contributed by atoms with Gasteiger partial charge in [0, 0.05) is 24.0 Å². The molecule has 2 aliphatic heterocycles. The van der Waals surface area contributed by atoms with E-state index < -0.39 is 15.9 Å². The third-order valence-corrected chi connectivity index (χ3v) is 4.78. The van der Waals surface area contributed by atoms with Gasteiger partial charge in [-0.25, -0.2) is 8.42 Å². The van der Waals surface area contributed by atoms with E-state index in [4.69, 9.17) is 0 Å². The summed E-state index contributed by atoms with van der Waals surface area (Å²) in [5.41, 5.74) is 1.09. The number of fused-ring (bicyclic) bond motifs is 1. The number of amides is 1. The Morgan fingerprint density at radius 1 is 1.29 bits per heavy atom. The van der Waals surface area contributed by atoms with Crippen LogP contribution < -0.4 is 5.32 Å². The van der Waals surface area contributed by atoms with Crippen molar-refractivity contribution in [1.82, 2.24) is 4.90 Å². The highest BCUT2D eigenvalue weighted by Crippen LogP contribution is 2.20. The molecule has 0 radical (unpaired) electrons. The summed E-state index contributed by atoms with van der Waals surface area (Å²) >= 11 is 0. The van der Waals surface area contributed by atoms with Crippen molar-refractivity contribution in [1.29, 1.82) is 0 Å². The molecule has 124 valence electrons. The fourth-order valence-electron chi connectivity index (χ4n) is 2.41. The van der Waals surface area contributed by atoms with Gasteiger partial charge < -0.3 is 10.2 Å². The maximum absolute atomic E-state index is 12.5. The Kier molecular flexibility index (Phi) is 4.06. The van der Waals surface area contributed by atoms with E-state index in [2.05, 4.69) is 9.71 Å². The van der Waals surface area contributed by atoms with Crippen molar-refractivity contribution in [2.75, 3.05) is 17.6 Å². The van der Waals surface area contributed by atoms with E-state index in [-0.39, 0.29) is 29.5 Å². The fourth-order valence-corrected chi connectivity index (χ4v) is 3.39. The molecule has 1 N–H and O–H groups in total. The summed E-state index contributed by atoms with van der Waals surface area (Å²) in [6, 6.07) is 6.54. The Morgan fingerprint density at radius 3 is 2.83 bits per heavy atom. The van der Waals surface area contributed by atoms with Gasteiger partial charge in [-0.05, 0) is 31.2 Å². The van der Waals surface area contributed by atoms with E-state index >= 15 is 0 Å². The fraction of sp³-hybridized carbons (Fsp3) is 0.188. The van der Waals surface area contributed by atoms with Crippen molar-refractivity contribution < 1.29 is 18.0 Å². The first-order valence-corrected chi connectivity index (χ1v) is 8.87. The van der Waals surface area contributed by atoms with Gasteiger partial charge in [0.15, 0.2) is 11.6 Å². The molecule has 3 rings (SSSR count). The quantitative estimate of drug-likeness (QED) is 0.834. The van der Waals surface area contributed by atoms with Crippen molar-refractivity contribution >= 4 is 33.2 Å². The van der Waals surface area contributed by atoms with Gasteiger partial charge in [0.25, 0.3) is 15.9 Å². The van der Waals surface area contributed by atoms with Crippen LogP contribution in [-0.4, -0.2) is 43.1 Å². The third kappa shape index (κ3) is 3.28. The summed E-state index contributed by atoms with van der Waals surface area (Å²) in [7, 11) is -3.56. The third-order valence-electron chi connectivity index (χ3n) is 3.63. The summed E-state index contributed by atoms with van der Waals surface area (Å²) in [5, 5.41) is 2.67. The number of allylic oxidation sites excluding steroid dienone is 2. The molecule has 7 nitrogen and oxygen atoms in total. The topological polar surface area (TPSA) is 95.9 Å². The second kappa shape index (κ2) is 6.04. The number of carbonyl (C=O) groups excluding carboxylic acids is 2. The predicted molar refractivity (Wildman–Crippen MR) is 90.2 cm³/mol. The van der Waals surface area contributed by atoms with Gasteiger partial charge in [-0.2, -0.15) is 0 Å². The molecule has 0 unspecified atom stereocenters. The van der Waals surface area contributed by atoms with Crippen LogP contribution in [0.25, 0.3) is 0 Å². The number of Topliss-reactive ketones (excluding diaryl/α,β-unsaturated/α-hetero) is 1. The molecule has 1 aromatic rings. The molecule has 1 aromatic carbocycles. The van der Waals surface area contributed by atoms with E-state index in [1.165, 1.54) is 13.0 Å². The summed E-state index contributed by atoms with van der Waals surface area (Å²) in [6.45, 7) is 1.69. The normalized spacial score (nSPS) is 18.3. The number of ketones is 1. The monoisotopic (exact) mass is 345 g/mol. The van der Waals surface area contributed by atoms with Crippen LogP contribution in [0.3, 0.4) is 0 Å². The summed E-state index contributed by atoms with van der Waals surface area (Å²) in [5.74, 6) is -0.569. The minimum atomic E-state index is -3.56. The summed E-state index contributed by atoms with van der Waals surface area (Å²) < 4.78 is 27.1. The molecular weight excluding hydrogens is 330 g/mol. The molecule has 0 fully saturated rings. The second-order valence-electron chi connectivity index (χ2n) is 5.41. The number of hydrogen-bond acceptors (Lipinski definition) is 5. The Bertz CT molecular complexity index is 913. The number of rotatable bonds is 3. The Hall–Kier alpha value is -2.74. The Balaban J connectivity index is 1.88. The molecule has 0 saturated heterocycles. The molecular formula is C16H15N3O4S. The Labute approximate surface area is 139 Å². The first-order valence-electron chi connectivity index (χ1n) is 7.26. The maximum atomic E-state index is 12.5. The van der Waals surface area contributed by atoms with Crippen molar-refractivity contribution in [2.45, 2.75) is 6.92 Å². The maximum Gasteiger partial charge on any atom is 0.259 e. The molecule has 24 heavy (non-hydrogen) atoms. The number of hydrogen-bond donors (Lipinski definition) is 1. The SMILES string of the molecule is CC(=O)c1cccc(NC(=O)C2=CC=CN3CCS(=O)(=O)N=C23)c1. The minimum Gasteiger partial charge on any atom is -0.331 e. The van der Waals surface area contributed by atoms with Gasteiger partial charge in [0.05, 0.1) is 11.3 Å². The van der Waals surface area contributed by atoms with Crippen molar-refractivity contribution in [3.63, 3.8) is 0 Å². The lowest BCUT2D eigenvalue weighted by atomic mass is 10.1. The van der Waals surface area contributed by atoms with Gasteiger partial charge >= 0.3 is 0 Å². The lowest BCUT2D eigenvalue weighted by Gasteiger charge is -2.28. The smallest absolute Gasteiger partial charge is 0.259 e. The van der Waals surface area contributed by atoms with Crippen LogP contribution in [-0.2, 0) is 14.8 Å². The number of amidine groups is 1.